The minimum atomic E-state index is -1.30. The summed E-state index contributed by atoms with van der Waals surface area (Å²) >= 11 is 0. The van der Waals surface area contributed by atoms with Gasteiger partial charge in [-0.25, -0.2) is 14.0 Å². The maximum atomic E-state index is 14.7. The van der Waals surface area contributed by atoms with Gasteiger partial charge in [0.2, 0.25) is 0 Å². The number of nitrogens with zero attached hydrogens (tertiary/aromatic N) is 5. The number of carboxylic acid groups (broad SMARTS) is 1. The van der Waals surface area contributed by atoms with E-state index in [4.69, 9.17) is 10.3 Å². The van der Waals surface area contributed by atoms with E-state index in [0.717, 1.165) is 11.0 Å². The highest BCUT2D eigenvalue weighted by Gasteiger charge is 2.32. The van der Waals surface area contributed by atoms with Gasteiger partial charge in [-0.3, -0.25) is 9.80 Å². The summed E-state index contributed by atoms with van der Waals surface area (Å²) in [5.41, 5.74) is 9.15. The molecule has 0 aliphatic carbocycles. The summed E-state index contributed by atoms with van der Waals surface area (Å²) in [5.74, 6) is -0.790. The van der Waals surface area contributed by atoms with Crippen LogP contribution in [0.15, 0.2) is 53.6 Å². The number of carbonyl (C=O) groups is 2. The minimum absolute atomic E-state index is 0.0214. The van der Waals surface area contributed by atoms with Gasteiger partial charge in [0, 0.05) is 4.91 Å². The van der Waals surface area contributed by atoms with Crippen LogP contribution in [0.25, 0.3) is 10.4 Å². The van der Waals surface area contributed by atoms with Crippen molar-refractivity contribution >= 4 is 23.6 Å². The van der Waals surface area contributed by atoms with E-state index < -0.39 is 24.1 Å². The molecule has 2 aromatic rings. The predicted molar refractivity (Wildman–Crippen MR) is 98.7 cm³/mol. The fourth-order valence-electron chi connectivity index (χ4n) is 2.86. The highest BCUT2D eigenvalue weighted by atomic mass is 19.1. The van der Waals surface area contributed by atoms with Gasteiger partial charge in [0.05, 0.1) is 31.0 Å². The molecule has 0 bridgehead atoms. The molecule has 28 heavy (non-hydrogen) atoms. The van der Waals surface area contributed by atoms with E-state index >= 15 is 0 Å². The largest absolute Gasteiger partial charge is 0.465 e. The number of benzene rings is 2. The molecule has 3 rings (SSSR count). The number of cyclic esters (lactones) is 1. The van der Waals surface area contributed by atoms with Gasteiger partial charge in [-0.05, 0) is 29.3 Å². The number of anilines is 2. The number of azide groups is 1. The first-order valence-corrected chi connectivity index (χ1v) is 8.32. The number of amides is 2. The molecule has 1 unspecified atom stereocenters. The van der Waals surface area contributed by atoms with Crippen LogP contribution in [0.4, 0.5) is 25.4 Å². The Morgan fingerprint density at radius 1 is 1.36 bits per heavy atom. The van der Waals surface area contributed by atoms with Gasteiger partial charge in [-0.15, -0.1) is 0 Å². The third-order valence-electron chi connectivity index (χ3n) is 4.17. The molecule has 9 nitrogen and oxygen atoms in total. The summed E-state index contributed by atoms with van der Waals surface area (Å²) < 4.78 is 19.8. The Balaban J connectivity index is 1.82. The van der Waals surface area contributed by atoms with Crippen LogP contribution in [0.5, 0.6) is 0 Å². The molecule has 2 aromatic carbocycles. The molecule has 0 saturated carbocycles. The summed E-state index contributed by atoms with van der Waals surface area (Å²) in [5, 5.41) is 12.8. The van der Waals surface area contributed by atoms with Gasteiger partial charge in [0.15, 0.2) is 0 Å². The molecular formula is C18H16FN5O4. The molecule has 0 spiro atoms. The Kier molecular flexibility index (Phi) is 5.61. The second-order valence-corrected chi connectivity index (χ2v) is 6.02. The third kappa shape index (κ3) is 4.13. The van der Waals surface area contributed by atoms with Gasteiger partial charge in [-0.1, -0.05) is 35.4 Å². The Morgan fingerprint density at radius 2 is 2.11 bits per heavy atom. The van der Waals surface area contributed by atoms with Crippen molar-refractivity contribution in [1.29, 1.82) is 0 Å². The molecule has 1 aliphatic rings. The molecule has 1 heterocycles. The predicted octanol–water partition coefficient (Wildman–Crippen LogP) is 4.15. The highest BCUT2D eigenvalue weighted by molar-refractivity contribution is 5.91. The van der Waals surface area contributed by atoms with E-state index in [1.807, 2.05) is 0 Å². The Bertz CT molecular complexity index is 933. The van der Waals surface area contributed by atoms with Crippen LogP contribution in [0.1, 0.15) is 5.56 Å². The molecule has 0 aromatic heterocycles. The van der Waals surface area contributed by atoms with Crippen molar-refractivity contribution in [2.45, 2.75) is 12.6 Å². The molecule has 10 heteroatoms. The zero-order valence-corrected chi connectivity index (χ0v) is 14.6. The second kappa shape index (κ2) is 8.28. The van der Waals surface area contributed by atoms with E-state index in [1.165, 1.54) is 17.0 Å². The van der Waals surface area contributed by atoms with E-state index in [9.17, 15) is 19.1 Å². The molecule has 1 saturated heterocycles. The van der Waals surface area contributed by atoms with Crippen LogP contribution < -0.4 is 9.80 Å². The monoisotopic (exact) mass is 385 g/mol. The van der Waals surface area contributed by atoms with Crippen LogP contribution in [0, 0.1) is 5.82 Å². The summed E-state index contributed by atoms with van der Waals surface area (Å²) in [4.78, 5) is 28.3. The topological polar surface area (TPSA) is 119 Å². The van der Waals surface area contributed by atoms with Gasteiger partial charge in [0.25, 0.3) is 0 Å². The number of hydrogen-bond acceptors (Lipinski definition) is 4. The number of hydrogen-bond donors (Lipinski definition) is 1. The number of halogens is 1. The lowest BCUT2D eigenvalue weighted by Gasteiger charge is -2.21. The number of carbonyl (C=O) groups excluding carboxylic acids is 1. The van der Waals surface area contributed by atoms with Gasteiger partial charge >= 0.3 is 12.2 Å². The van der Waals surface area contributed by atoms with Gasteiger partial charge in [-0.2, -0.15) is 0 Å². The zero-order chi connectivity index (χ0) is 20.1. The first-order chi connectivity index (χ1) is 13.5. The maximum Gasteiger partial charge on any atom is 0.414 e. The smallest absolute Gasteiger partial charge is 0.414 e. The van der Waals surface area contributed by atoms with E-state index in [1.54, 1.807) is 30.3 Å². The normalized spacial score (nSPS) is 15.7. The Hall–Kier alpha value is -3.78. The summed E-state index contributed by atoms with van der Waals surface area (Å²) in [6, 6.07) is 12.6. The van der Waals surface area contributed by atoms with Crippen molar-refractivity contribution < 1.29 is 23.8 Å². The lowest BCUT2D eigenvalue weighted by atomic mass is 10.2. The van der Waals surface area contributed by atoms with Crippen LogP contribution in [0.2, 0.25) is 0 Å². The fourth-order valence-corrected chi connectivity index (χ4v) is 2.86. The summed E-state index contributed by atoms with van der Waals surface area (Å²) in [7, 11) is 0. The average Bonchev–Trinajstić information content (AvgIpc) is 3.06. The van der Waals surface area contributed by atoms with Crippen LogP contribution in [-0.4, -0.2) is 36.5 Å². The van der Waals surface area contributed by atoms with Crippen molar-refractivity contribution in [3.63, 3.8) is 0 Å². The van der Waals surface area contributed by atoms with Crippen molar-refractivity contribution in [2.75, 3.05) is 22.9 Å². The molecular weight excluding hydrogens is 369 g/mol. The van der Waals surface area contributed by atoms with Crippen molar-refractivity contribution in [3.8, 4) is 0 Å². The first kappa shape index (κ1) is 19.0. The van der Waals surface area contributed by atoms with Crippen LogP contribution in [-0.2, 0) is 11.3 Å². The minimum Gasteiger partial charge on any atom is -0.465 e. The Morgan fingerprint density at radius 3 is 2.75 bits per heavy atom. The van der Waals surface area contributed by atoms with Crippen molar-refractivity contribution in [1.82, 2.24) is 0 Å². The molecule has 1 aliphatic heterocycles. The van der Waals surface area contributed by atoms with Gasteiger partial charge < -0.3 is 9.84 Å². The fraction of sp³-hybridized carbons (Fsp3) is 0.222. The number of ether oxygens (including phenoxy) is 1. The van der Waals surface area contributed by atoms with Crippen molar-refractivity contribution in [3.05, 3.63) is 70.4 Å². The first-order valence-electron chi connectivity index (χ1n) is 8.32. The van der Waals surface area contributed by atoms with E-state index in [2.05, 4.69) is 10.0 Å². The molecule has 2 amide bonds. The maximum absolute atomic E-state index is 14.7. The second-order valence-electron chi connectivity index (χ2n) is 6.02. The molecule has 1 atom stereocenters. The molecule has 144 valence electrons. The molecule has 1 N–H and O–H groups in total. The zero-order valence-electron chi connectivity index (χ0n) is 14.6. The SMILES string of the molecule is [N-]=[N+]=NCC1CN(c2ccc(N(Cc3ccccc3)C(=O)O)c(F)c2)C(=O)O1. The molecule has 0 radical (unpaired) electrons. The quantitative estimate of drug-likeness (QED) is 0.456. The number of rotatable bonds is 6. The van der Waals surface area contributed by atoms with Crippen LogP contribution in [0.3, 0.4) is 0 Å². The Labute approximate surface area is 159 Å². The lowest BCUT2D eigenvalue weighted by molar-refractivity contribution is 0.145. The van der Waals surface area contributed by atoms with E-state index in [-0.39, 0.29) is 31.0 Å². The third-order valence-corrected chi connectivity index (χ3v) is 4.17. The van der Waals surface area contributed by atoms with Crippen molar-refractivity contribution in [2.24, 2.45) is 5.11 Å². The van der Waals surface area contributed by atoms with E-state index in [0.29, 0.717) is 5.56 Å². The standard InChI is InChI=1S/C18H16FN5O4/c19-15-8-13(23-11-14(9-21-22-20)28-18(23)27)6-7-16(15)24(17(25)26)10-12-4-2-1-3-5-12/h1-8,14H,9-11H2,(H,25,26). The summed E-state index contributed by atoms with van der Waals surface area (Å²) in [6.45, 7) is 0.0545. The van der Waals surface area contributed by atoms with Gasteiger partial charge in [0.1, 0.15) is 11.9 Å². The van der Waals surface area contributed by atoms with Crippen LogP contribution >= 0.6 is 0 Å². The average molecular weight is 385 g/mol. The highest BCUT2D eigenvalue weighted by Crippen LogP contribution is 2.29. The summed E-state index contributed by atoms with van der Waals surface area (Å²) in [6.07, 6.45) is -2.62. The lowest BCUT2D eigenvalue weighted by Crippen LogP contribution is -2.30. The molecule has 1 fully saturated rings.